The number of alkyl halides is 4. The fourth-order valence-electron chi connectivity index (χ4n) is 4.59. The average molecular weight is 617 g/mol. The molecule has 0 aliphatic carbocycles. The lowest BCUT2D eigenvalue weighted by molar-refractivity contribution is -0.141. The molecule has 4 rings (SSSR count). The van der Waals surface area contributed by atoms with Gasteiger partial charge in [-0.2, -0.15) is 17.5 Å². The number of methoxy groups -OCH3 is 1. The molecule has 3 aromatic rings. The number of nitrogens with zero attached hydrogens (tertiary/aromatic N) is 2. The Hall–Kier alpha value is -3.49. The summed E-state index contributed by atoms with van der Waals surface area (Å²) in [4.78, 5) is 16.4. The van der Waals surface area contributed by atoms with Crippen LogP contribution in [0.1, 0.15) is 24.1 Å². The molecule has 0 amide bonds. The Bertz CT molecular complexity index is 1530. The van der Waals surface area contributed by atoms with Crippen LogP contribution in [0.5, 0.6) is 5.88 Å². The molecule has 0 unspecified atom stereocenters. The fourth-order valence-corrected chi connectivity index (χ4v) is 6.24. The second-order valence-corrected chi connectivity index (χ2v) is 11.5. The average Bonchev–Trinajstić information content (AvgIpc) is 3.34. The molecular weight excluding hydrogens is 590 g/mol. The van der Waals surface area contributed by atoms with Crippen molar-refractivity contribution in [3.8, 4) is 17.0 Å². The minimum Gasteiger partial charge on any atom is -0.475 e. The number of benzene rings is 2. The number of ether oxygens (including phenoxy) is 2. The molecule has 1 aliphatic heterocycles. The van der Waals surface area contributed by atoms with E-state index in [0.29, 0.717) is 0 Å². The lowest BCUT2D eigenvalue weighted by Gasteiger charge is -2.23. The number of pyridine rings is 1. The van der Waals surface area contributed by atoms with Gasteiger partial charge in [0.25, 0.3) is 0 Å². The molecule has 0 radical (unpaired) electrons. The van der Waals surface area contributed by atoms with Gasteiger partial charge < -0.3 is 9.47 Å². The highest BCUT2D eigenvalue weighted by molar-refractivity contribution is 7.89. The van der Waals surface area contributed by atoms with E-state index in [1.807, 2.05) is 0 Å². The van der Waals surface area contributed by atoms with Crippen LogP contribution in [0.15, 0.2) is 59.5 Å². The lowest BCUT2D eigenvalue weighted by Crippen LogP contribution is -2.40. The van der Waals surface area contributed by atoms with Gasteiger partial charge in [-0.1, -0.05) is 6.07 Å². The van der Waals surface area contributed by atoms with Crippen LogP contribution in [0.3, 0.4) is 0 Å². The monoisotopic (exact) mass is 616 g/mol. The number of hydrogen-bond donors (Lipinski definition) is 0. The Balaban J connectivity index is 1.55. The maximum atomic E-state index is 14.6. The van der Waals surface area contributed by atoms with Crippen molar-refractivity contribution in [1.29, 1.82) is 0 Å². The van der Waals surface area contributed by atoms with Crippen LogP contribution < -0.4 is 4.74 Å². The Kier molecular flexibility index (Phi) is 9.58. The van der Waals surface area contributed by atoms with Gasteiger partial charge in [0, 0.05) is 32.1 Å². The molecule has 0 bridgehead atoms. The third-order valence-electron chi connectivity index (χ3n) is 6.60. The highest BCUT2D eigenvalue weighted by Gasteiger charge is 2.43. The molecule has 2 heterocycles. The van der Waals surface area contributed by atoms with E-state index in [2.05, 4.69) is 4.98 Å². The first-order chi connectivity index (χ1) is 19.8. The zero-order chi connectivity index (χ0) is 30.7. The van der Waals surface area contributed by atoms with Gasteiger partial charge in [-0.3, -0.25) is 4.79 Å². The highest BCUT2D eigenvalue weighted by Crippen LogP contribution is 2.35. The van der Waals surface area contributed by atoms with Crippen molar-refractivity contribution in [2.75, 3.05) is 26.9 Å². The van der Waals surface area contributed by atoms with Crippen molar-refractivity contribution in [2.45, 2.75) is 42.5 Å². The normalized spacial score (nSPS) is 17.9. The van der Waals surface area contributed by atoms with Crippen LogP contribution in [-0.4, -0.2) is 62.6 Å². The van der Waals surface area contributed by atoms with Crippen molar-refractivity contribution >= 4 is 15.8 Å². The number of halogens is 6. The minimum absolute atomic E-state index is 0.0582. The summed E-state index contributed by atoms with van der Waals surface area (Å²) in [7, 11) is -2.93. The Labute approximate surface area is 238 Å². The zero-order valence-corrected chi connectivity index (χ0v) is 23.0. The van der Waals surface area contributed by atoms with E-state index >= 15 is 0 Å². The van der Waals surface area contributed by atoms with Crippen molar-refractivity contribution < 1.29 is 49.0 Å². The molecule has 0 spiro atoms. The van der Waals surface area contributed by atoms with Gasteiger partial charge in [0.15, 0.2) is 5.78 Å². The molecule has 14 heteroatoms. The molecule has 1 aliphatic rings. The molecule has 7 nitrogen and oxygen atoms in total. The van der Waals surface area contributed by atoms with Crippen molar-refractivity contribution in [3.63, 3.8) is 0 Å². The van der Waals surface area contributed by atoms with Crippen LogP contribution in [0.25, 0.3) is 11.1 Å². The van der Waals surface area contributed by atoms with Gasteiger partial charge in [0.05, 0.1) is 17.5 Å². The predicted molar refractivity (Wildman–Crippen MR) is 139 cm³/mol. The molecule has 0 N–H and O–H groups in total. The third-order valence-corrected chi connectivity index (χ3v) is 8.49. The van der Waals surface area contributed by atoms with Crippen LogP contribution in [0.4, 0.5) is 26.3 Å². The van der Waals surface area contributed by atoms with Gasteiger partial charge in [-0.15, -0.1) is 0 Å². The van der Waals surface area contributed by atoms with Gasteiger partial charge in [0.2, 0.25) is 15.9 Å². The summed E-state index contributed by atoms with van der Waals surface area (Å²) in [6.07, 6.45) is -7.07. The highest BCUT2D eigenvalue weighted by atomic mass is 32.2. The van der Waals surface area contributed by atoms with Crippen LogP contribution in [0, 0.1) is 11.6 Å². The Morgan fingerprint density at radius 2 is 1.74 bits per heavy atom. The number of carbonyl (C=O) groups excluding carboxylic acids is 1. The summed E-state index contributed by atoms with van der Waals surface area (Å²) < 4.78 is 119. The van der Waals surface area contributed by atoms with E-state index in [0.717, 1.165) is 52.8 Å². The van der Waals surface area contributed by atoms with Gasteiger partial charge >= 0.3 is 6.18 Å². The molecule has 226 valence electrons. The second-order valence-electron chi connectivity index (χ2n) is 9.58. The number of aromatic nitrogens is 1. The number of hydrogen-bond acceptors (Lipinski definition) is 6. The van der Waals surface area contributed by atoms with Gasteiger partial charge in [0.1, 0.15) is 30.1 Å². The maximum Gasteiger partial charge on any atom is 0.433 e. The summed E-state index contributed by atoms with van der Waals surface area (Å²) in [5, 5.41) is 0. The molecule has 1 aromatic heterocycles. The molecule has 42 heavy (non-hydrogen) atoms. The molecule has 1 fully saturated rings. The Morgan fingerprint density at radius 1 is 1.02 bits per heavy atom. The lowest BCUT2D eigenvalue weighted by atomic mass is 9.98. The molecule has 0 saturated carbocycles. The number of ketones is 1. The first-order valence-electron chi connectivity index (χ1n) is 12.7. The van der Waals surface area contributed by atoms with E-state index in [4.69, 9.17) is 9.47 Å². The SMILES string of the molecule is COCCOc1nc(C(F)(F)F)ccc1-c1cc(F)cc(CCC(=O)[C@@H]2C[C@@H](F)CN2S(=O)(=O)c2ccc(F)cc2)c1. The molecule has 1 saturated heterocycles. The van der Waals surface area contributed by atoms with Crippen LogP contribution in [-0.2, 0) is 32.2 Å². The zero-order valence-electron chi connectivity index (χ0n) is 22.2. The number of rotatable bonds is 11. The molecular formula is C28H26F6N2O5S. The summed E-state index contributed by atoms with van der Waals surface area (Å²) in [6.45, 7) is -0.613. The van der Waals surface area contributed by atoms with Crippen molar-refractivity contribution in [2.24, 2.45) is 0 Å². The van der Waals surface area contributed by atoms with Crippen molar-refractivity contribution in [3.05, 3.63) is 77.5 Å². The number of Topliss-reactive ketones (excluding diaryl/α,β-unsaturated/α-hetero) is 1. The molecule has 2 atom stereocenters. The van der Waals surface area contributed by atoms with E-state index < -0.39 is 63.9 Å². The van der Waals surface area contributed by atoms with Crippen LogP contribution >= 0.6 is 0 Å². The maximum absolute atomic E-state index is 14.6. The Morgan fingerprint density at radius 3 is 2.40 bits per heavy atom. The van der Waals surface area contributed by atoms with Crippen molar-refractivity contribution in [1.82, 2.24) is 9.29 Å². The second kappa shape index (κ2) is 12.8. The number of carbonyl (C=O) groups is 1. The summed E-state index contributed by atoms with van der Waals surface area (Å²) in [5.74, 6) is -2.41. The van der Waals surface area contributed by atoms with E-state index in [9.17, 15) is 39.6 Å². The number of sulfonamides is 1. The third kappa shape index (κ3) is 7.28. The smallest absolute Gasteiger partial charge is 0.433 e. The standard InChI is InChI=1S/C28H26F6N2O5S/c1-40-10-11-41-27-23(7-9-26(35-27)28(32,33)34)18-12-17(13-20(30)14-18)2-8-25(37)24-15-21(31)16-36(24)42(38,39)22-5-3-19(29)4-6-22/h3-7,9,12-14,21,24H,2,8,10-11,15-16H2,1H3/t21-,24+/m1/s1. The predicted octanol–water partition coefficient (Wildman–Crippen LogP) is 5.37. The molecule has 2 aromatic carbocycles. The topological polar surface area (TPSA) is 85.8 Å². The van der Waals surface area contributed by atoms with Gasteiger partial charge in [-0.05, 0) is 66.1 Å². The van der Waals surface area contributed by atoms with E-state index in [-0.39, 0.29) is 54.1 Å². The van der Waals surface area contributed by atoms with Crippen LogP contribution in [0.2, 0.25) is 0 Å². The summed E-state index contributed by atoms with van der Waals surface area (Å²) in [5.41, 5.74) is -0.720. The minimum atomic E-state index is -4.75. The van der Waals surface area contributed by atoms with E-state index in [1.165, 1.54) is 13.2 Å². The first kappa shape index (κ1) is 31.4. The number of aryl methyl sites for hydroxylation is 1. The quantitative estimate of drug-likeness (QED) is 0.213. The van der Waals surface area contributed by atoms with E-state index in [1.54, 1.807) is 0 Å². The van der Waals surface area contributed by atoms with Gasteiger partial charge in [-0.25, -0.2) is 26.6 Å². The largest absolute Gasteiger partial charge is 0.475 e. The summed E-state index contributed by atoms with van der Waals surface area (Å²) >= 11 is 0. The first-order valence-corrected chi connectivity index (χ1v) is 14.2. The fraction of sp³-hybridized carbons (Fsp3) is 0.357. The summed E-state index contributed by atoms with van der Waals surface area (Å²) in [6, 6.07) is 8.08.